The molecule has 3 saturated heterocycles. The number of carbonyl (C=O) groups is 2. The van der Waals surface area contributed by atoms with Crippen LogP contribution in [0.5, 0.6) is 0 Å². The Morgan fingerprint density at radius 2 is 1.67 bits per heavy atom. The Kier molecular flexibility index (Phi) is 11.9. The van der Waals surface area contributed by atoms with E-state index in [-0.39, 0.29) is 5.41 Å². The lowest BCUT2D eigenvalue weighted by Crippen LogP contribution is -2.36. The smallest absolute Gasteiger partial charge is 0.475 e. The van der Waals surface area contributed by atoms with E-state index in [4.69, 9.17) is 34.0 Å². The molecule has 1 aromatic rings. The first-order valence-electron chi connectivity index (χ1n) is 12.1. The minimum absolute atomic E-state index is 0.176. The molecule has 2 N–H and O–H groups in total. The Morgan fingerprint density at radius 3 is 2.21 bits per heavy atom. The van der Waals surface area contributed by atoms with E-state index in [2.05, 4.69) is 35.0 Å². The second-order valence-electron chi connectivity index (χ2n) is 9.69. The molecule has 39 heavy (non-hydrogen) atoms. The van der Waals surface area contributed by atoms with Gasteiger partial charge in [0, 0.05) is 56.5 Å². The number of hydrogen-bond donors (Lipinski definition) is 2. The summed E-state index contributed by atoms with van der Waals surface area (Å²) in [5, 5.41) is 14.2. The molecule has 0 radical (unpaired) electrons. The van der Waals surface area contributed by atoms with Gasteiger partial charge in [0.2, 0.25) is 0 Å². The predicted molar refractivity (Wildman–Crippen MR) is 123 cm³/mol. The fourth-order valence-corrected chi connectivity index (χ4v) is 4.53. The molecule has 0 aromatic carbocycles. The van der Waals surface area contributed by atoms with Crippen molar-refractivity contribution in [3.63, 3.8) is 0 Å². The lowest BCUT2D eigenvalue weighted by atomic mass is 9.82. The van der Waals surface area contributed by atoms with Gasteiger partial charge in [-0.1, -0.05) is 6.07 Å². The molecular weight excluding hydrogens is 542 g/mol. The van der Waals surface area contributed by atoms with Crippen LogP contribution in [-0.4, -0.2) is 97.1 Å². The van der Waals surface area contributed by atoms with E-state index in [1.807, 2.05) is 0 Å². The van der Waals surface area contributed by atoms with Crippen molar-refractivity contribution < 1.29 is 60.4 Å². The van der Waals surface area contributed by atoms with Crippen LogP contribution < -0.4 is 0 Å². The van der Waals surface area contributed by atoms with Gasteiger partial charge in [-0.3, -0.25) is 9.88 Å². The van der Waals surface area contributed by atoms with Crippen molar-refractivity contribution in [1.29, 1.82) is 0 Å². The Bertz CT molecular complexity index is 916. The first-order valence-corrected chi connectivity index (χ1v) is 12.1. The van der Waals surface area contributed by atoms with E-state index >= 15 is 0 Å². The number of rotatable bonds is 6. The summed E-state index contributed by atoms with van der Waals surface area (Å²) in [5.41, 5.74) is 2.43. The third-order valence-corrected chi connectivity index (χ3v) is 6.49. The second-order valence-corrected chi connectivity index (χ2v) is 9.69. The minimum atomic E-state index is -5.08. The minimum Gasteiger partial charge on any atom is -0.475 e. The number of aliphatic carboxylic acids is 2. The molecule has 3 fully saturated rings. The van der Waals surface area contributed by atoms with Crippen LogP contribution in [-0.2, 0) is 30.3 Å². The van der Waals surface area contributed by atoms with E-state index in [1.54, 1.807) is 0 Å². The molecule has 3 aliphatic heterocycles. The number of ether oxygens (including phenoxy) is 3. The number of halogens is 6. The summed E-state index contributed by atoms with van der Waals surface area (Å²) >= 11 is 0. The molecule has 9 nitrogen and oxygen atoms in total. The van der Waals surface area contributed by atoms with Crippen LogP contribution in [0.25, 0.3) is 0 Å². The van der Waals surface area contributed by atoms with Crippen LogP contribution in [0.15, 0.2) is 18.2 Å². The van der Waals surface area contributed by atoms with Gasteiger partial charge in [0.15, 0.2) is 0 Å². The maximum Gasteiger partial charge on any atom is 0.490 e. The van der Waals surface area contributed by atoms with Gasteiger partial charge in [0.05, 0.1) is 25.5 Å². The number of nitrogens with zero attached hydrogens (tertiary/aromatic N) is 2. The van der Waals surface area contributed by atoms with Crippen molar-refractivity contribution in [3.8, 4) is 0 Å². The summed E-state index contributed by atoms with van der Waals surface area (Å²) in [6.07, 6.45) is -7.89. The van der Waals surface area contributed by atoms with E-state index < -0.39 is 24.3 Å². The fourth-order valence-electron chi connectivity index (χ4n) is 4.53. The highest BCUT2D eigenvalue weighted by Gasteiger charge is 2.50. The molecule has 4 rings (SSSR count). The number of carboxylic acids is 2. The normalized spacial score (nSPS) is 23.7. The Balaban J connectivity index is 0.000000317. The lowest BCUT2D eigenvalue weighted by molar-refractivity contribution is -0.193. The van der Waals surface area contributed by atoms with Crippen LogP contribution >= 0.6 is 0 Å². The fraction of sp³-hybridized carbons (Fsp3) is 0.708. The monoisotopic (exact) mass is 574 g/mol. The molecule has 0 saturated carbocycles. The van der Waals surface area contributed by atoms with Crippen LogP contribution in [0.4, 0.5) is 26.3 Å². The van der Waals surface area contributed by atoms with Crippen LogP contribution in [0, 0.1) is 24.2 Å². The second kappa shape index (κ2) is 14.2. The summed E-state index contributed by atoms with van der Waals surface area (Å²) < 4.78 is 80.9. The number of aryl methyl sites for hydroxylation is 1. The van der Waals surface area contributed by atoms with Gasteiger partial charge in [-0.05, 0) is 37.8 Å². The highest BCUT2D eigenvalue weighted by molar-refractivity contribution is 5.73. The van der Waals surface area contributed by atoms with Crippen molar-refractivity contribution in [2.24, 2.45) is 17.3 Å². The Morgan fingerprint density at radius 1 is 1.08 bits per heavy atom. The summed E-state index contributed by atoms with van der Waals surface area (Å²) in [4.78, 5) is 25.0. The number of alkyl halides is 6. The molecule has 3 aliphatic rings. The molecule has 0 aliphatic carbocycles. The summed E-state index contributed by atoms with van der Waals surface area (Å²) in [7, 11) is 0. The highest BCUT2D eigenvalue weighted by Crippen LogP contribution is 2.42. The number of hydrogen-bond acceptors (Lipinski definition) is 7. The van der Waals surface area contributed by atoms with Crippen LogP contribution in [0.2, 0.25) is 0 Å². The number of likely N-dealkylation sites (tertiary alicyclic amines) is 1. The quantitative estimate of drug-likeness (QED) is 0.492. The third kappa shape index (κ3) is 10.9. The van der Waals surface area contributed by atoms with Gasteiger partial charge >= 0.3 is 24.3 Å². The van der Waals surface area contributed by atoms with Crippen molar-refractivity contribution in [3.05, 3.63) is 29.6 Å². The lowest BCUT2D eigenvalue weighted by Gasteiger charge is -2.29. The molecular formula is C24H32F6N2O7. The zero-order valence-electron chi connectivity index (χ0n) is 21.3. The summed E-state index contributed by atoms with van der Waals surface area (Å²) in [6.45, 7) is 10.3. The van der Waals surface area contributed by atoms with Gasteiger partial charge in [-0.25, -0.2) is 9.59 Å². The van der Waals surface area contributed by atoms with Crippen molar-refractivity contribution >= 4 is 11.9 Å². The molecule has 4 heterocycles. The van der Waals surface area contributed by atoms with Gasteiger partial charge in [-0.15, -0.1) is 0 Å². The Hall–Kier alpha value is -2.49. The first kappa shape index (κ1) is 32.7. The molecule has 0 unspecified atom stereocenters. The van der Waals surface area contributed by atoms with E-state index in [9.17, 15) is 26.3 Å². The zero-order chi connectivity index (χ0) is 29.3. The molecule has 15 heteroatoms. The maximum atomic E-state index is 10.6. The standard InChI is InChI=1S/C20H30N2O3.2C2HF3O2/c1-16-3-2-4-19(21-16)10-22-9-18-12-25-15-20(18,13-22)14-24-11-17-5-7-23-8-6-17;2*3-2(4,5)1(6)7/h2-4,17-18H,5-15H2,1H3;2*(H,6,7)/t18-,20-;;/m1../s1. The van der Waals surface area contributed by atoms with Crippen LogP contribution in [0.1, 0.15) is 24.2 Å². The molecule has 0 amide bonds. The van der Waals surface area contributed by atoms with E-state index in [0.717, 1.165) is 77.8 Å². The van der Waals surface area contributed by atoms with Gasteiger partial charge in [0.25, 0.3) is 0 Å². The highest BCUT2D eigenvalue weighted by atomic mass is 19.4. The van der Waals surface area contributed by atoms with E-state index in [0.29, 0.717) is 11.8 Å². The third-order valence-electron chi connectivity index (χ3n) is 6.49. The number of fused-ring (bicyclic) bond motifs is 1. The number of pyridine rings is 1. The van der Waals surface area contributed by atoms with Crippen LogP contribution in [0.3, 0.4) is 0 Å². The average Bonchev–Trinajstić information content (AvgIpc) is 3.36. The van der Waals surface area contributed by atoms with Gasteiger partial charge in [0.1, 0.15) is 0 Å². The molecule has 222 valence electrons. The molecule has 2 atom stereocenters. The topological polar surface area (TPSA) is 118 Å². The average molecular weight is 575 g/mol. The summed E-state index contributed by atoms with van der Waals surface area (Å²) in [6, 6.07) is 6.29. The summed E-state index contributed by atoms with van der Waals surface area (Å²) in [5.74, 6) is -4.26. The number of aromatic nitrogens is 1. The van der Waals surface area contributed by atoms with Gasteiger partial charge < -0.3 is 24.4 Å². The zero-order valence-corrected chi connectivity index (χ0v) is 21.3. The van der Waals surface area contributed by atoms with Gasteiger partial charge in [-0.2, -0.15) is 26.3 Å². The molecule has 0 spiro atoms. The van der Waals surface area contributed by atoms with Crippen molar-refractivity contribution in [2.45, 2.75) is 38.7 Å². The first-order chi connectivity index (χ1) is 18.1. The van der Waals surface area contributed by atoms with Crippen molar-refractivity contribution in [1.82, 2.24) is 9.88 Å². The SMILES string of the molecule is Cc1cccc(CN2C[C@@H]3COC[C@]3(COCC3CCOCC3)C2)n1.O=C(O)C(F)(F)F.O=C(O)C(F)(F)F. The Labute approximate surface area is 221 Å². The molecule has 0 bridgehead atoms. The molecule has 1 aromatic heterocycles. The predicted octanol–water partition coefficient (Wildman–Crippen LogP) is 3.55. The maximum absolute atomic E-state index is 10.6. The van der Waals surface area contributed by atoms with Crippen molar-refractivity contribution in [2.75, 3.05) is 52.7 Å². The largest absolute Gasteiger partial charge is 0.490 e. The van der Waals surface area contributed by atoms with E-state index in [1.165, 1.54) is 5.69 Å². The number of carboxylic acid groups (broad SMARTS) is 2.